The summed E-state index contributed by atoms with van der Waals surface area (Å²) in [6, 6.07) is 12.7. The fourth-order valence-electron chi connectivity index (χ4n) is 2.73. The molecule has 0 aromatic heterocycles. The van der Waals surface area contributed by atoms with Crippen LogP contribution >= 0.6 is 23.2 Å². The van der Waals surface area contributed by atoms with Crippen molar-refractivity contribution >= 4 is 35.8 Å². The number of hydrogen-bond donors (Lipinski definition) is 1. The molecule has 0 radical (unpaired) electrons. The molecule has 25 heavy (non-hydrogen) atoms. The first kappa shape index (κ1) is 18.7. The van der Waals surface area contributed by atoms with Gasteiger partial charge < -0.3 is 14.4 Å². The highest BCUT2D eigenvalue weighted by Gasteiger charge is 2.51. The third-order valence-corrected chi connectivity index (χ3v) is 5.75. The van der Waals surface area contributed by atoms with Crippen LogP contribution in [0, 0.1) is 0 Å². The zero-order valence-electron chi connectivity index (χ0n) is 14.7. The van der Waals surface area contributed by atoms with E-state index in [0.29, 0.717) is 15.6 Å². The monoisotopic (exact) mass is 378 g/mol. The van der Waals surface area contributed by atoms with Crippen molar-refractivity contribution in [2.75, 3.05) is 0 Å². The average Bonchev–Trinajstić information content (AvgIpc) is 2.77. The summed E-state index contributed by atoms with van der Waals surface area (Å²) in [5, 5.41) is 11.6. The zero-order chi connectivity index (χ0) is 18.4. The predicted octanol–water partition coefficient (Wildman–Crippen LogP) is 4.37. The number of rotatable bonds is 3. The van der Waals surface area contributed by atoms with Crippen LogP contribution in [0.5, 0.6) is 0 Å². The van der Waals surface area contributed by atoms with E-state index in [4.69, 9.17) is 32.5 Å². The molecule has 3 rings (SSSR count). The molecule has 1 N–H and O–H groups in total. The standard InChI is InChI=1S/C19H21BCl2O3/c1-18(2)19(3,4)25-20(24-18)14-7-5-6-12(10-14)17(23)13-8-9-15(21)16(22)11-13/h5-11,17,23H,1-4H3/t17-/m1/s1. The Morgan fingerprint density at radius 1 is 0.880 bits per heavy atom. The van der Waals surface area contributed by atoms with Crippen molar-refractivity contribution in [2.24, 2.45) is 0 Å². The summed E-state index contributed by atoms with van der Waals surface area (Å²) in [6.07, 6.45) is -0.808. The van der Waals surface area contributed by atoms with Gasteiger partial charge in [0.05, 0.1) is 21.2 Å². The molecule has 1 aliphatic heterocycles. The van der Waals surface area contributed by atoms with Crippen molar-refractivity contribution < 1.29 is 14.4 Å². The van der Waals surface area contributed by atoms with Gasteiger partial charge in [0.15, 0.2) is 0 Å². The first-order chi connectivity index (χ1) is 11.6. The van der Waals surface area contributed by atoms with E-state index in [2.05, 4.69) is 0 Å². The van der Waals surface area contributed by atoms with Crippen LogP contribution in [0.2, 0.25) is 10.0 Å². The Balaban J connectivity index is 1.88. The smallest absolute Gasteiger partial charge is 0.399 e. The lowest BCUT2D eigenvalue weighted by Gasteiger charge is -2.32. The van der Waals surface area contributed by atoms with Gasteiger partial charge in [-0.05, 0) is 56.4 Å². The van der Waals surface area contributed by atoms with Crippen molar-refractivity contribution in [3.05, 3.63) is 63.6 Å². The summed E-state index contributed by atoms with van der Waals surface area (Å²) < 4.78 is 12.2. The van der Waals surface area contributed by atoms with E-state index in [1.165, 1.54) is 0 Å². The minimum absolute atomic E-state index is 0.407. The number of aliphatic hydroxyl groups excluding tert-OH is 1. The van der Waals surface area contributed by atoms with Crippen molar-refractivity contribution in [1.82, 2.24) is 0 Å². The lowest BCUT2D eigenvalue weighted by Crippen LogP contribution is -2.41. The number of hydrogen-bond acceptors (Lipinski definition) is 3. The van der Waals surface area contributed by atoms with Crippen molar-refractivity contribution in [1.29, 1.82) is 0 Å². The molecule has 2 aromatic carbocycles. The second-order valence-electron chi connectivity index (χ2n) is 7.33. The van der Waals surface area contributed by atoms with Gasteiger partial charge >= 0.3 is 7.12 Å². The molecule has 1 fully saturated rings. The Morgan fingerprint density at radius 2 is 1.48 bits per heavy atom. The van der Waals surface area contributed by atoms with Gasteiger partial charge in [-0.15, -0.1) is 0 Å². The Labute approximate surface area is 159 Å². The second-order valence-corrected chi connectivity index (χ2v) is 8.15. The van der Waals surface area contributed by atoms with Crippen LogP contribution in [0.3, 0.4) is 0 Å². The van der Waals surface area contributed by atoms with Crippen LogP contribution in [-0.4, -0.2) is 23.4 Å². The second kappa shape index (κ2) is 6.60. The number of halogens is 2. The highest BCUT2D eigenvalue weighted by atomic mass is 35.5. The van der Waals surface area contributed by atoms with Gasteiger partial charge in [0.25, 0.3) is 0 Å². The molecular weight excluding hydrogens is 358 g/mol. The average molecular weight is 379 g/mol. The Hall–Kier alpha value is -1.04. The van der Waals surface area contributed by atoms with Crippen LogP contribution in [0.4, 0.5) is 0 Å². The van der Waals surface area contributed by atoms with E-state index in [-0.39, 0.29) is 0 Å². The summed E-state index contributed by atoms with van der Waals surface area (Å²) in [4.78, 5) is 0. The van der Waals surface area contributed by atoms with Crippen molar-refractivity contribution in [3.63, 3.8) is 0 Å². The SMILES string of the molecule is CC1(C)OB(c2cccc([C@@H](O)c3ccc(Cl)c(Cl)c3)c2)OC1(C)C. The maximum absolute atomic E-state index is 10.7. The van der Waals surface area contributed by atoms with Gasteiger partial charge in [0.2, 0.25) is 0 Å². The molecule has 3 nitrogen and oxygen atoms in total. The maximum atomic E-state index is 10.7. The van der Waals surface area contributed by atoms with E-state index in [0.717, 1.165) is 11.0 Å². The first-order valence-corrected chi connectivity index (χ1v) is 8.95. The van der Waals surface area contributed by atoms with Crippen LogP contribution in [0.15, 0.2) is 42.5 Å². The van der Waals surface area contributed by atoms with Crippen molar-refractivity contribution in [3.8, 4) is 0 Å². The molecule has 1 atom stereocenters. The van der Waals surface area contributed by atoms with Crippen LogP contribution in [-0.2, 0) is 9.31 Å². The lowest BCUT2D eigenvalue weighted by atomic mass is 9.78. The molecule has 1 aliphatic rings. The van der Waals surface area contributed by atoms with Gasteiger partial charge in [0, 0.05) is 0 Å². The summed E-state index contributed by atoms with van der Waals surface area (Å²) in [6.45, 7) is 8.06. The number of aliphatic hydroxyl groups is 1. The van der Waals surface area contributed by atoms with E-state index in [9.17, 15) is 5.11 Å². The molecule has 132 valence electrons. The fourth-order valence-corrected chi connectivity index (χ4v) is 3.04. The topological polar surface area (TPSA) is 38.7 Å². The van der Waals surface area contributed by atoms with E-state index in [1.54, 1.807) is 18.2 Å². The van der Waals surface area contributed by atoms with Gasteiger partial charge in [-0.2, -0.15) is 0 Å². The van der Waals surface area contributed by atoms with Crippen LogP contribution in [0.25, 0.3) is 0 Å². The molecule has 0 aliphatic carbocycles. The molecule has 2 aromatic rings. The molecule has 1 heterocycles. The Bertz CT molecular complexity index is 776. The third kappa shape index (κ3) is 3.60. The van der Waals surface area contributed by atoms with Crippen molar-refractivity contribution in [2.45, 2.75) is 45.0 Å². The Morgan fingerprint density at radius 3 is 2.08 bits per heavy atom. The molecular formula is C19H21BCl2O3. The quantitative estimate of drug-likeness (QED) is 0.805. The third-order valence-electron chi connectivity index (χ3n) is 5.01. The van der Waals surface area contributed by atoms with Crippen LogP contribution < -0.4 is 5.46 Å². The lowest BCUT2D eigenvalue weighted by molar-refractivity contribution is 0.00578. The normalized spacial score (nSPS) is 19.9. The van der Waals surface area contributed by atoms with Gasteiger partial charge in [-0.1, -0.05) is 53.5 Å². The van der Waals surface area contributed by atoms with Gasteiger partial charge in [0.1, 0.15) is 6.10 Å². The highest BCUT2D eigenvalue weighted by molar-refractivity contribution is 6.62. The van der Waals surface area contributed by atoms with E-state index in [1.807, 2.05) is 52.0 Å². The Kier molecular flexibility index (Phi) is 4.95. The summed E-state index contributed by atoms with van der Waals surface area (Å²) >= 11 is 12.0. The minimum Gasteiger partial charge on any atom is -0.399 e. The van der Waals surface area contributed by atoms with Gasteiger partial charge in [-0.25, -0.2) is 0 Å². The molecule has 0 spiro atoms. The summed E-state index contributed by atoms with van der Waals surface area (Å²) in [5.41, 5.74) is 1.48. The van der Waals surface area contributed by atoms with E-state index < -0.39 is 24.4 Å². The minimum atomic E-state index is -0.808. The number of benzene rings is 2. The predicted molar refractivity (Wildman–Crippen MR) is 103 cm³/mol. The highest BCUT2D eigenvalue weighted by Crippen LogP contribution is 2.36. The fraction of sp³-hybridized carbons (Fsp3) is 0.368. The maximum Gasteiger partial charge on any atom is 0.494 e. The molecule has 0 saturated carbocycles. The van der Waals surface area contributed by atoms with Crippen LogP contribution in [0.1, 0.15) is 44.9 Å². The molecule has 1 saturated heterocycles. The molecule has 6 heteroatoms. The van der Waals surface area contributed by atoms with E-state index >= 15 is 0 Å². The molecule has 0 amide bonds. The molecule has 0 unspecified atom stereocenters. The summed E-state index contributed by atoms with van der Waals surface area (Å²) in [5.74, 6) is 0. The molecule has 0 bridgehead atoms. The largest absolute Gasteiger partial charge is 0.494 e. The zero-order valence-corrected chi connectivity index (χ0v) is 16.2. The first-order valence-electron chi connectivity index (χ1n) is 8.19. The van der Waals surface area contributed by atoms with Gasteiger partial charge in [-0.3, -0.25) is 0 Å². The summed E-state index contributed by atoms with van der Waals surface area (Å²) in [7, 11) is -0.467.